The topological polar surface area (TPSA) is 98.2 Å². The van der Waals surface area contributed by atoms with Gasteiger partial charge >= 0.3 is 0 Å². The van der Waals surface area contributed by atoms with E-state index in [9.17, 15) is 9.59 Å². The number of hydrogen-bond donors (Lipinski definition) is 3. The fourth-order valence-electron chi connectivity index (χ4n) is 1.26. The Morgan fingerprint density at radius 1 is 1.38 bits per heavy atom. The van der Waals surface area contributed by atoms with Gasteiger partial charge in [0.25, 0.3) is 0 Å². The molecule has 5 nitrogen and oxygen atoms in total. The van der Waals surface area contributed by atoms with Gasteiger partial charge in [0.05, 0.1) is 5.54 Å². The molecule has 74 valence electrons. The summed E-state index contributed by atoms with van der Waals surface area (Å²) < 4.78 is 0. The van der Waals surface area contributed by atoms with Gasteiger partial charge in [-0.3, -0.25) is 9.59 Å². The second-order valence-corrected chi connectivity index (χ2v) is 3.48. The maximum Gasteiger partial charge on any atom is 0.240 e. The molecule has 13 heavy (non-hydrogen) atoms. The molecular weight excluding hydrogens is 170 g/mol. The highest BCUT2D eigenvalue weighted by molar-refractivity contribution is 5.87. The van der Waals surface area contributed by atoms with Crippen molar-refractivity contribution in [3.05, 3.63) is 0 Å². The lowest BCUT2D eigenvalue weighted by atomic mass is 9.77. The summed E-state index contributed by atoms with van der Waals surface area (Å²) in [6.07, 6.45) is 2.63. The van der Waals surface area contributed by atoms with Gasteiger partial charge < -0.3 is 16.8 Å². The minimum Gasteiger partial charge on any atom is -0.370 e. The van der Waals surface area contributed by atoms with Crippen molar-refractivity contribution in [1.82, 2.24) is 5.32 Å². The summed E-state index contributed by atoms with van der Waals surface area (Å²) in [5.41, 5.74) is 9.96. The van der Waals surface area contributed by atoms with Crippen molar-refractivity contribution in [2.24, 2.45) is 11.5 Å². The Kier molecular flexibility index (Phi) is 2.87. The van der Waals surface area contributed by atoms with Crippen LogP contribution < -0.4 is 16.8 Å². The molecule has 5 heteroatoms. The van der Waals surface area contributed by atoms with Gasteiger partial charge in [0.1, 0.15) is 0 Å². The van der Waals surface area contributed by atoms with Crippen LogP contribution in [-0.4, -0.2) is 23.9 Å². The summed E-state index contributed by atoms with van der Waals surface area (Å²) in [5.74, 6) is -0.583. The summed E-state index contributed by atoms with van der Waals surface area (Å²) in [4.78, 5) is 21.7. The van der Waals surface area contributed by atoms with Gasteiger partial charge in [-0.1, -0.05) is 0 Å². The van der Waals surface area contributed by atoms with Crippen molar-refractivity contribution in [3.8, 4) is 0 Å². The molecular formula is C8H15N3O2. The fraction of sp³-hybridized carbons (Fsp3) is 0.750. The molecule has 0 saturated heterocycles. The molecule has 5 N–H and O–H groups in total. The van der Waals surface area contributed by atoms with Crippen molar-refractivity contribution >= 4 is 11.8 Å². The van der Waals surface area contributed by atoms with E-state index in [-0.39, 0.29) is 18.9 Å². The van der Waals surface area contributed by atoms with Crippen LogP contribution in [0.1, 0.15) is 25.7 Å². The molecule has 1 aliphatic rings. The van der Waals surface area contributed by atoms with E-state index in [0.29, 0.717) is 0 Å². The highest BCUT2D eigenvalue weighted by Gasteiger charge is 2.39. The highest BCUT2D eigenvalue weighted by atomic mass is 16.2. The van der Waals surface area contributed by atoms with E-state index in [1.54, 1.807) is 0 Å². The monoisotopic (exact) mass is 185 g/mol. The summed E-state index contributed by atoms with van der Waals surface area (Å²) in [6, 6.07) is 0. The molecule has 1 rings (SSSR count). The number of hydrogen-bond acceptors (Lipinski definition) is 3. The summed E-state index contributed by atoms with van der Waals surface area (Å²) in [7, 11) is 0. The van der Waals surface area contributed by atoms with Crippen LogP contribution in [0.25, 0.3) is 0 Å². The number of rotatable bonds is 4. The lowest BCUT2D eigenvalue weighted by Gasteiger charge is -2.36. The van der Waals surface area contributed by atoms with E-state index in [4.69, 9.17) is 11.5 Å². The first-order valence-electron chi connectivity index (χ1n) is 4.40. The second-order valence-electron chi connectivity index (χ2n) is 3.48. The molecule has 0 unspecified atom stereocenters. The quantitative estimate of drug-likeness (QED) is 0.516. The van der Waals surface area contributed by atoms with Gasteiger partial charge in [-0.25, -0.2) is 0 Å². The highest BCUT2D eigenvalue weighted by Crippen LogP contribution is 2.28. The molecule has 1 fully saturated rings. The van der Waals surface area contributed by atoms with Crippen LogP contribution >= 0.6 is 0 Å². The summed E-state index contributed by atoms with van der Waals surface area (Å²) in [6.45, 7) is 0.285. The van der Waals surface area contributed by atoms with Crippen LogP contribution in [0.3, 0.4) is 0 Å². The van der Waals surface area contributed by atoms with E-state index < -0.39 is 11.4 Å². The van der Waals surface area contributed by atoms with Crippen molar-refractivity contribution in [3.63, 3.8) is 0 Å². The van der Waals surface area contributed by atoms with E-state index in [1.165, 1.54) is 0 Å². The first-order chi connectivity index (χ1) is 6.04. The molecule has 0 atom stereocenters. The van der Waals surface area contributed by atoms with Crippen LogP contribution in [0.2, 0.25) is 0 Å². The number of carbonyl (C=O) groups is 2. The van der Waals surface area contributed by atoms with Gasteiger partial charge in [-0.05, 0) is 19.3 Å². The minimum absolute atomic E-state index is 0.167. The van der Waals surface area contributed by atoms with Gasteiger partial charge in [0.2, 0.25) is 11.8 Å². The zero-order chi connectivity index (χ0) is 9.90. The number of nitrogens with two attached hydrogens (primary N) is 2. The van der Waals surface area contributed by atoms with Gasteiger partial charge in [-0.2, -0.15) is 0 Å². The first kappa shape index (κ1) is 9.98. The molecule has 0 aromatic rings. The van der Waals surface area contributed by atoms with E-state index in [0.717, 1.165) is 19.3 Å². The van der Waals surface area contributed by atoms with Crippen LogP contribution in [0.5, 0.6) is 0 Å². The van der Waals surface area contributed by atoms with E-state index in [1.807, 2.05) is 0 Å². The average molecular weight is 185 g/mol. The predicted octanol–water partition coefficient (Wildman–Crippen LogP) is -1.14. The van der Waals surface area contributed by atoms with Crippen LogP contribution in [-0.2, 0) is 9.59 Å². The van der Waals surface area contributed by atoms with Crippen LogP contribution in [0, 0.1) is 0 Å². The van der Waals surface area contributed by atoms with Crippen molar-refractivity contribution in [1.29, 1.82) is 0 Å². The van der Waals surface area contributed by atoms with E-state index >= 15 is 0 Å². The first-order valence-corrected chi connectivity index (χ1v) is 4.40. The lowest BCUT2D eigenvalue weighted by Crippen LogP contribution is -2.58. The molecule has 0 bridgehead atoms. The zero-order valence-corrected chi connectivity index (χ0v) is 7.51. The maximum atomic E-state index is 11.3. The third kappa shape index (κ3) is 2.42. The van der Waals surface area contributed by atoms with Gasteiger partial charge in [0, 0.05) is 13.0 Å². The third-order valence-corrected chi connectivity index (χ3v) is 2.35. The Hall–Kier alpha value is -1.10. The van der Waals surface area contributed by atoms with Crippen molar-refractivity contribution in [2.45, 2.75) is 31.2 Å². The normalized spacial score (nSPS) is 18.8. The molecule has 0 aliphatic heterocycles. The van der Waals surface area contributed by atoms with E-state index in [2.05, 4.69) is 5.32 Å². The zero-order valence-electron chi connectivity index (χ0n) is 7.51. The molecule has 2 amide bonds. The molecule has 1 aliphatic carbocycles. The summed E-state index contributed by atoms with van der Waals surface area (Å²) >= 11 is 0. The standard InChI is InChI=1S/C8H15N3O2/c9-6(12)2-5-11-7(13)8(10)3-1-4-8/h1-5,10H2,(H2,9,12)(H,11,13). The fourth-order valence-corrected chi connectivity index (χ4v) is 1.26. The lowest BCUT2D eigenvalue weighted by molar-refractivity contribution is -0.129. The number of carbonyl (C=O) groups excluding carboxylic acids is 2. The van der Waals surface area contributed by atoms with Crippen LogP contribution in [0.4, 0.5) is 0 Å². The van der Waals surface area contributed by atoms with Crippen molar-refractivity contribution < 1.29 is 9.59 Å². The Bertz CT molecular complexity index is 223. The Balaban J connectivity index is 2.21. The Morgan fingerprint density at radius 3 is 2.38 bits per heavy atom. The number of amides is 2. The molecule has 0 aromatic heterocycles. The average Bonchev–Trinajstić information content (AvgIpc) is 1.99. The van der Waals surface area contributed by atoms with Gasteiger partial charge in [-0.15, -0.1) is 0 Å². The smallest absolute Gasteiger partial charge is 0.240 e. The largest absolute Gasteiger partial charge is 0.370 e. The van der Waals surface area contributed by atoms with Crippen molar-refractivity contribution in [2.75, 3.05) is 6.54 Å². The summed E-state index contributed by atoms with van der Waals surface area (Å²) in [5, 5.41) is 2.59. The van der Waals surface area contributed by atoms with Gasteiger partial charge in [0.15, 0.2) is 0 Å². The second kappa shape index (κ2) is 3.74. The molecule has 0 aromatic carbocycles. The predicted molar refractivity (Wildman–Crippen MR) is 47.6 cm³/mol. The van der Waals surface area contributed by atoms with Crippen LogP contribution in [0.15, 0.2) is 0 Å². The molecule has 0 radical (unpaired) electrons. The third-order valence-electron chi connectivity index (χ3n) is 2.35. The molecule has 0 heterocycles. The maximum absolute atomic E-state index is 11.3. The number of nitrogens with one attached hydrogen (secondary N) is 1. The SMILES string of the molecule is NC(=O)CCNC(=O)C1(N)CCC1. The Morgan fingerprint density at radius 2 is 2.00 bits per heavy atom. The minimum atomic E-state index is -0.683. The number of primary amides is 1. The Labute approximate surface area is 76.8 Å². The molecule has 0 spiro atoms. The molecule has 1 saturated carbocycles.